The second-order valence-electron chi connectivity index (χ2n) is 5.34. The van der Waals surface area contributed by atoms with Crippen LogP contribution in [0.3, 0.4) is 0 Å². The highest BCUT2D eigenvalue weighted by Crippen LogP contribution is 2.07. The quantitative estimate of drug-likeness (QED) is 0.815. The summed E-state index contributed by atoms with van der Waals surface area (Å²) in [5, 5.41) is 2.89. The van der Waals surface area contributed by atoms with E-state index in [1.165, 1.54) is 4.31 Å². The molecular formula is C15H23N3O3S. The lowest BCUT2D eigenvalue weighted by Gasteiger charge is -2.33. The van der Waals surface area contributed by atoms with E-state index < -0.39 is 10.0 Å². The van der Waals surface area contributed by atoms with Gasteiger partial charge in [0.25, 0.3) is 0 Å². The van der Waals surface area contributed by atoms with Crippen LogP contribution in [0.15, 0.2) is 30.3 Å². The Morgan fingerprint density at radius 1 is 1.14 bits per heavy atom. The summed E-state index contributed by atoms with van der Waals surface area (Å²) in [5.41, 5.74) is 1.06. The standard InChI is InChI=1S/C15H23N3O3S/c1-2-22(20,21)18-10-8-17(9-11-18)13-15(19)16-12-14-6-4-3-5-7-14/h3-7H,2,8-13H2,1H3,(H,16,19). The van der Waals surface area contributed by atoms with E-state index in [2.05, 4.69) is 5.32 Å². The molecule has 0 atom stereocenters. The van der Waals surface area contributed by atoms with E-state index in [-0.39, 0.29) is 11.7 Å². The van der Waals surface area contributed by atoms with Crippen LogP contribution < -0.4 is 5.32 Å². The molecule has 122 valence electrons. The number of nitrogens with one attached hydrogen (secondary N) is 1. The van der Waals surface area contributed by atoms with Crippen molar-refractivity contribution in [1.29, 1.82) is 0 Å². The zero-order valence-corrected chi connectivity index (χ0v) is 13.7. The normalized spacial score (nSPS) is 17.3. The van der Waals surface area contributed by atoms with E-state index in [0.717, 1.165) is 5.56 Å². The second-order valence-corrected chi connectivity index (χ2v) is 7.60. The molecule has 1 heterocycles. The summed E-state index contributed by atoms with van der Waals surface area (Å²) in [5.74, 6) is 0.0977. The Hall–Kier alpha value is -1.44. The largest absolute Gasteiger partial charge is 0.351 e. The van der Waals surface area contributed by atoms with Gasteiger partial charge in [0.1, 0.15) is 0 Å². The summed E-state index contributed by atoms with van der Waals surface area (Å²) in [4.78, 5) is 13.9. The predicted molar refractivity (Wildman–Crippen MR) is 85.8 cm³/mol. The number of carbonyl (C=O) groups is 1. The molecule has 6 nitrogen and oxygen atoms in total. The van der Waals surface area contributed by atoms with Crippen molar-refractivity contribution >= 4 is 15.9 Å². The van der Waals surface area contributed by atoms with Gasteiger partial charge in [0.15, 0.2) is 0 Å². The van der Waals surface area contributed by atoms with Crippen molar-refractivity contribution in [2.75, 3.05) is 38.5 Å². The Morgan fingerprint density at radius 3 is 2.36 bits per heavy atom. The van der Waals surface area contributed by atoms with Crippen LogP contribution in [-0.2, 0) is 21.4 Å². The Bertz CT molecular complexity index is 581. The maximum atomic E-state index is 11.9. The Kier molecular flexibility index (Phi) is 5.93. The third-order valence-corrected chi connectivity index (χ3v) is 5.67. The molecule has 0 spiro atoms. The van der Waals surface area contributed by atoms with Gasteiger partial charge in [-0.3, -0.25) is 9.69 Å². The molecule has 0 aromatic heterocycles. The van der Waals surface area contributed by atoms with E-state index in [1.807, 2.05) is 35.2 Å². The lowest BCUT2D eigenvalue weighted by molar-refractivity contribution is -0.122. The van der Waals surface area contributed by atoms with Crippen molar-refractivity contribution in [3.8, 4) is 0 Å². The van der Waals surface area contributed by atoms with Gasteiger partial charge in [-0.2, -0.15) is 4.31 Å². The zero-order chi connectivity index (χ0) is 16.0. The Labute approximate surface area is 132 Å². The first-order chi connectivity index (χ1) is 10.5. The SMILES string of the molecule is CCS(=O)(=O)N1CCN(CC(=O)NCc2ccccc2)CC1. The molecule has 1 aliphatic heterocycles. The highest BCUT2D eigenvalue weighted by Gasteiger charge is 2.26. The molecule has 2 rings (SSSR count). The Balaban J connectivity index is 1.73. The molecule has 1 N–H and O–H groups in total. The summed E-state index contributed by atoms with van der Waals surface area (Å²) in [6.07, 6.45) is 0. The number of piperazine rings is 1. The summed E-state index contributed by atoms with van der Waals surface area (Å²) in [6, 6.07) is 9.75. The lowest BCUT2D eigenvalue weighted by Crippen LogP contribution is -2.51. The molecule has 1 amide bonds. The zero-order valence-electron chi connectivity index (χ0n) is 12.9. The monoisotopic (exact) mass is 325 g/mol. The summed E-state index contributed by atoms with van der Waals surface area (Å²) < 4.78 is 25.0. The number of hydrogen-bond acceptors (Lipinski definition) is 4. The molecule has 0 radical (unpaired) electrons. The fourth-order valence-corrected chi connectivity index (χ4v) is 3.49. The van der Waals surface area contributed by atoms with Crippen molar-refractivity contribution in [2.45, 2.75) is 13.5 Å². The topological polar surface area (TPSA) is 69.7 Å². The number of sulfonamides is 1. The van der Waals surface area contributed by atoms with Crippen molar-refractivity contribution in [1.82, 2.24) is 14.5 Å². The van der Waals surface area contributed by atoms with Gasteiger partial charge in [-0.05, 0) is 12.5 Å². The molecular weight excluding hydrogens is 302 g/mol. The van der Waals surface area contributed by atoms with Gasteiger partial charge in [-0.15, -0.1) is 0 Å². The highest BCUT2D eigenvalue weighted by atomic mass is 32.2. The van der Waals surface area contributed by atoms with Crippen LogP contribution in [0.25, 0.3) is 0 Å². The fourth-order valence-electron chi connectivity index (χ4n) is 2.40. The number of carbonyl (C=O) groups excluding carboxylic acids is 1. The van der Waals surface area contributed by atoms with Crippen LogP contribution in [0.5, 0.6) is 0 Å². The van der Waals surface area contributed by atoms with Crippen LogP contribution in [0.1, 0.15) is 12.5 Å². The van der Waals surface area contributed by atoms with Gasteiger partial charge in [-0.1, -0.05) is 30.3 Å². The third kappa shape index (κ3) is 4.79. The van der Waals surface area contributed by atoms with Gasteiger partial charge in [0.05, 0.1) is 12.3 Å². The number of rotatable bonds is 6. The van der Waals surface area contributed by atoms with Crippen molar-refractivity contribution < 1.29 is 13.2 Å². The molecule has 1 aromatic rings. The fraction of sp³-hybridized carbons (Fsp3) is 0.533. The second kappa shape index (κ2) is 7.71. The molecule has 7 heteroatoms. The van der Waals surface area contributed by atoms with Crippen molar-refractivity contribution in [3.05, 3.63) is 35.9 Å². The van der Waals surface area contributed by atoms with E-state index in [1.54, 1.807) is 6.92 Å². The van der Waals surface area contributed by atoms with Gasteiger partial charge in [0.2, 0.25) is 15.9 Å². The van der Waals surface area contributed by atoms with Crippen LogP contribution in [0.4, 0.5) is 0 Å². The van der Waals surface area contributed by atoms with Crippen LogP contribution >= 0.6 is 0 Å². The number of hydrogen-bond donors (Lipinski definition) is 1. The summed E-state index contributed by atoms with van der Waals surface area (Å²) in [7, 11) is -3.11. The van der Waals surface area contributed by atoms with Gasteiger partial charge in [0, 0.05) is 32.7 Å². The highest BCUT2D eigenvalue weighted by molar-refractivity contribution is 7.89. The third-order valence-electron chi connectivity index (χ3n) is 3.79. The number of amides is 1. The van der Waals surface area contributed by atoms with E-state index in [9.17, 15) is 13.2 Å². The minimum absolute atomic E-state index is 0.0318. The first kappa shape index (κ1) is 16.9. The van der Waals surface area contributed by atoms with E-state index in [0.29, 0.717) is 39.3 Å². The molecule has 0 saturated carbocycles. The summed E-state index contributed by atoms with van der Waals surface area (Å²) in [6.45, 7) is 4.59. The van der Waals surface area contributed by atoms with Crippen LogP contribution in [-0.4, -0.2) is 62.0 Å². The first-order valence-corrected chi connectivity index (χ1v) is 9.13. The first-order valence-electron chi connectivity index (χ1n) is 7.52. The molecule has 1 aliphatic rings. The minimum atomic E-state index is -3.11. The minimum Gasteiger partial charge on any atom is -0.351 e. The van der Waals surface area contributed by atoms with Crippen molar-refractivity contribution in [3.63, 3.8) is 0 Å². The summed E-state index contributed by atoms with van der Waals surface area (Å²) >= 11 is 0. The van der Waals surface area contributed by atoms with Gasteiger partial charge >= 0.3 is 0 Å². The molecule has 0 aliphatic carbocycles. The maximum absolute atomic E-state index is 11.9. The van der Waals surface area contributed by atoms with Gasteiger partial charge < -0.3 is 5.32 Å². The molecule has 0 unspecified atom stereocenters. The van der Waals surface area contributed by atoms with Crippen molar-refractivity contribution in [2.24, 2.45) is 0 Å². The van der Waals surface area contributed by atoms with Crippen LogP contribution in [0, 0.1) is 0 Å². The average Bonchev–Trinajstić information content (AvgIpc) is 2.54. The molecule has 1 saturated heterocycles. The maximum Gasteiger partial charge on any atom is 0.234 e. The lowest BCUT2D eigenvalue weighted by atomic mass is 10.2. The number of benzene rings is 1. The van der Waals surface area contributed by atoms with Gasteiger partial charge in [-0.25, -0.2) is 8.42 Å². The molecule has 1 aromatic carbocycles. The van der Waals surface area contributed by atoms with Crippen LogP contribution in [0.2, 0.25) is 0 Å². The predicted octanol–water partition coefficient (Wildman–Crippen LogP) is 0.270. The molecule has 0 bridgehead atoms. The van der Waals surface area contributed by atoms with E-state index >= 15 is 0 Å². The average molecular weight is 325 g/mol. The molecule has 1 fully saturated rings. The Morgan fingerprint density at radius 2 is 1.77 bits per heavy atom. The smallest absolute Gasteiger partial charge is 0.234 e. The number of nitrogens with zero attached hydrogens (tertiary/aromatic N) is 2. The molecule has 22 heavy (non-hydrogen) atoms. The van der Waals surface area contributed by atoms with E-state index in [4.69, 9.17) is 0 Å².